The number of hydrogen-bond donors (Lipinski definition) is 3. The largest absolute Gasteiger partial charge is 0.548 e. The van der Waals surface area contributed by atoms with Gasteiger partial charge < -0.3 is 24.2 Å². The number of rotatable bonds is 8. The number of aliphatic carboxylic acids is 1. The number of quaternary nitrogens is 1. The lowest BCUT2D eigenvalue weighted by molar-refractivity contribution is -0.870. The normalized spacial score (nSPS) is 14.6. The molecular weight excluding hydrogens is 247 g/mol. The second-order valence-electron chi connectivity index (χ2n) is 5.05. The minimum atomic E-state index is -4.53. The Morgan fingerprint density at radius 1 is 1.35 bits per heavy atom. The zero-order valence-electron chi connectivity index (χ0n) is 10.4. The molecule has 3 N–H and O–H groups in total. The van der Waals surface area contributed by atoms with Crippen molar-refractivity contribution in [2.24, 2.45) is 0 Å². The second-order valence-corrected chi connectivity index (χ2v) is 6.40. The van der Waals surface area contributed by atoms with Crippen molar-refractivity contribution in [1.29, 1.82) is 0 Å². The quantitative estimate of drug-likeness (QED) is 0.286. The summed E-state index contributed by atoms with van der Waals surface area (Å²) in [5.74, 6) is -1.49. The maximum Gasteiger partial charge on any atom is 0.400 e. The van der Waals surface area contributed by atoms with E-state index in [1.54, 1.807) is 5.09 Å². The van der Waals surface area contributed by atoms with E-state index >= 15 is 0 Å². The SMILES string of the molecule is C[N+](C)(C)CCCC[C@H](NP(=O)(O)O)C(=O)[O-]. The van der Waals surface area contributed by atoms with Gasteiger partial charge in [0.05, 0.1) is 39.7 Å². The molecule has 0 aliphatic carbocycles. The van der Waals surface area contributed by atoms with Gasteiger partial charge in [0.15, 0.2) is 0 Å². The van der Waals surface area contributed by atoms with Crippen LogP contribution in [0.2, 0.25) is 0 Å². The number of carbonyl (C=O) groups is 1. The molecule has 0 fully saturated rings. The van der Waals surface area contributed by atoms with E-state index in [0.717, 1.165) is 17.4 Å². The Bertz CT molecular complexity index is 296. The molecule has 0 bridgehead atoms. The fraction of sp³-hybridized carbons (Fsp3) is 0.889. The van der Waals surface area contributed by atoms with Crippen molar-refractivity contribution >= 4 is 13.7 Å². The van der Waals surface area contributed by atoms with E-state index in [1.165, 1.54) is 0 Å². The summed E-state index contributed by atoms with van der Waals surface area (Å²) in [6, 6.07) is -1.30. The van der Waals surface area contributed by atoms with E-state index in [9.17, 15) is 14.5 Å². The van der Waals surface area contributed by atoms with Crippen molar-refractivity contribution in [3.05, 3.63) is 0 Å². The van der Waals surface area contributed by atoms with Gasteiger partial charge in [-0.25, -0.2) is 9.65 Å². The Kier molecular flexibility index (Phi) is 6.29. The Labute approximate surface area is 101 Å². The van der Waals surface area contributed by atoms with Crippen LogP contribution in [0.25, 0.3) is 0 Å². The highest BCUT2D eigenvalue weighted by Gasteiger charge is 2.20. The number of carbonyl (C=O) groups excluding carboxylic acids is 1. The van der Waals surface area contributed by atoms with Crippen LogP contribution in [0.1, 0.15) is 19.3 Å². The first-order valence-corrected chi connectivity index (χ1v) is 6.97. The van der Waals surface area contributed by atoms with Crippen LogP contribution in [0, 0.1) is 0 Å². The standard InChI is InChI=1S/C9H21N2O5P/c1-11(2,3)7-5-4-6-8(9(12)13)10-17(14,15)16/h8H,4-7H2,1-3H3,(H3-,10,12,13,14,15,16)/t8-/m0/s1. The van der Waals surface area contributed by atoms with Crippen molar-refractivity contribution in [3.8, 4) is 0 Å². The molecule has 8 heteroatoms. The highest BCUT2D eigenvalue weighted by Crippen LogP contribution is 2.29. The fourth-order valence-electron chi connectivity index (χ4n) is 1.37. The van der Waals surface area contributed by atoms with Gasteiger partial charge in [0.1, 0.15) is 0 Å². The molecule has 0 saturated heterocycles. The molecule has 0 radical (unpaired) electrons. The van der Waals surface area contributed by atoms with Gasteiger partial charge in [-0.1, -0.05) is 0 Å². The van der Waals surface area contributed by atoms with Gasteiger partial charge in [-0.05, 0) is 19.3 Å². The highest BCUT2D eigenvalue weighted by molar-refractivity contribution is 7.49. The van der Waals surface area contributed by atoms with Crippen LogP contribution in [-0.4, -0.2) is 54.0 Å². The Morgan fingerprint density at radius 3 is 2.24 bits per heavy atom. The minimum Gasteiger partial charge on any atom is -0.548 e. The van der Waals surface area contributed by atoms with Gasteiger partial charge in [0.2, 0.25) is 0 Å². The third-order valence-corrected chi connectivity index (χ3v) is 2.83. The van der Waals surface area contributed by atoms with Gasteiger partial charge >= 0.3 is 7.75 Å². The molecule has 17 heavy (non-hydrogen) atoms. The first kappa shape index (κ1) is 16.5. The molecule has 0 aliphatic heterocycles. The second kappa shape index (κ2) is 6.47. The molecule has 1 atom stereocenters. The highest BCUT2D eigenvalue weighted by atomic mass is 31.2. The Morgan fingerprint density at radius 2 is 1.88 bits per heavy atom. The average Bonchev–Trinajstić information content (AvgIpc) is 2.06. The molecule has 7 nitrogen and oxygen atoms in total. The molecule has 0 aliphatic rings. The number of unbranched alkanes of at least 4 members (excludes halogenated alkanes) is 1. The van der Waals surface area contributed by atoms with E-state index in [4.69, 9.17) is 9.79 Å². The lowest BCUT2D eigenvalue weighted by Gasteiger charge is -2.24. The van der Waals surface area contributed by atoms with Crippen LogP contribution < -0.4 is 10.2 Å². The van der Waals surface area contributed by atoms with Crippen molar-refractivity contribution < 1.29 is 28.7 Å². The number of carboxylic acids is 1. The fourth-order valence-corrected chi connectivity index (χ4v) is 2.01. The maximum atomic E-state index is 10.6. The predicted octanol–water partition coefficient (Wildman–Crippen LogP) is -1.34. The number of hydrogen-bond acceptors (Lipinski definition) is 3. The topological polar surface area (TPSA) is 110 Å². The van der Waals surface area contributed by atoms with Crippen LogP contribution in [0.4, 0.5) is 0 Å². The molecule has 102 valence electrons. The lowest BCUT2D eigenvalue weighted by atomic mass is 10.1. The molecule has 0 aromatic heterocycles. The monoisotopic (exact) mass is 268 g/mol. The van der Waals surface area contributed by atoms with Gasteiger partial charge in [0, 0.05) is 0 Å². The van der Waals surface area contributed by atoms with Crippen molar-refractivity contribution in [2.45, 2.75) is 25.3 Å². The molecular formula is C9H21N2O5P. The van der Waals surface area contributed by atoms with Crippen molar-refractivity contribution in [2.75, 3.05) is 27.7 Å². The Hall–Kier alpha value is -0.460. The zero-order valence-corrected chi connectivity index (χ0v) is 11.3. The van der Waals surface area contributed by atoms with E-state index < -0.39 is 19.8 Å². The third-order valence-electron chi connectivity index (χ3n) is 2.18. The summed E-state index contributed by atoms with van der Waals surface area (Å²) in [6.07, 6.45) is 1.50. The minimum absolute atomic E-state index is 0.146. The van der Waals surface area contributed by atoms with Crippen LogP contribution in [0.3, 0.4) is 0 Å². The lowest BCUT2D eigenvalue weighted by Crippen LogP contribution is -2.44. The van der Waals surface area contributed by atoms with Gasteiger partial charge in [0.25, 0.3) is 0 Å². The maximum absolute atomic E-state index is 10.6. The van der Waals surface area contributed by atoms with E-state index in [-0.39, 0.29) is 6.42 Å². The summed E-state index contributed by atoms with van der Waals surface area (Å²) in [5.41, 5.74) is 0. The third kappa shape index (κ3) is 10.4. The summed E-state index contributed by atoms with van der Waals surface area (Å²) in [5, 5.41) is 12.4. The van der Waals surface area contributed by atoms with E-state index in [1.807, 2.05) is 21.1 Å². The summed E-state index contributed by atoms with van der Waals surface area (Å²) < 4.78 is 11.4. The van der Waals surface area contributed by atoms with Crippen molar-refractivity contribution in [1.82, 2.24) is 5.09 Å². The summed E-state index contributed by atoms with van der Waals surface area (Å²) in [4.78, 5) is 27.9. The van der Waals surface area contributed by atoms with Crippen molar-refractivity contribution in [3.63, 3.8) is 0 Å². The molecule has 0 spiro atoms. The van der Waals surface area contributed by atoms with E-state index in [2.05, 4.69) is 0 Å². The van der Waals surface area contributed by atoms with E-state index in [0.29, 0.717) is 6.42 Å². The number of nitrogens with zero attached hydrogens (tertiary/aromatic N) is 1. The van der Waals surface area contributed by atoms with Gasteiger partial charge in [-0.2, -0.15) is 0 Å². The average molecular weight is 268 g/mol. The molecule has 0 aromatic carbocycles. The van der Waals surface area contributed by atoms with Crippen LogP contribution in [0.15, 0.2) is 0 Å². The van der Waals surface area contributed by atoms with Crippen LogP contribution in [0.5, 0.6) is 0 Å². The first-order chi connectivity index (χ1) is 7.51. The number of nitrogens with one attached hydrogen (secondary N) is 1. The number of carboxylic acid groups (broad SMARTS) is 1. The van der Waals surface area contributed by atoms with Gasteiger partial charge in [-0.3, -0.25) is 0 Å². The smallest absolute Gasteiger partial charge is 0.400 e. The molecule has 0 saturated carbocycles. The first-order valence-electron chi connectivity index (χ1n) is 5.36. The summed E-state index contributed by atoms with van der Waals surface area (Å²) in [6.45, 7) is 0.871. The zero-order chi connectivity index (χ0) is 13.7. The molecule has 0 rings (SSSR count). The van der Waals surface area contributed by atoms with Crippen LogP contribution in [-0.2, 0) is 9.36 Å². The Balaban J connectivity index is 4.04. The molecule has 0 heterocycles. The van der Waals surface area contributed by atoms with Gasteiger partial charge in [-0.15, -0.1) is 0 Å². The molecule has 0 aromatic rings. The molecule has 0 unspecified atom stereocenters. The molecule has 0 amide bonds. The van der Waals surface area contributed by atoms with Crippen LogP contribution >= 0.6 is 7.75 Å². The summed E-state index contributed by atoms with van der Waals surface area (Å²) >= 11 is 0. The predicted molar refractivity (Wildman–Crippen MR) is 60.7 cm³/mol. The summed E-state index contributed by atoms with van der Waals surface area (Å²) in [7, 11) is 1.52.